The number of carbonyl (C=O) groups is 3. The summed E-state index contributed by atoms with van der Waals surface area (Å²) in [5, 5.41) is 8.40. The standard InChI is InChI=1S/C22H26ClN3O3/c1-13(2)11-19(26-21(28)16-8-6-5-7-14(16)3)22(29)25-15-9-10-18(23)17(12-15)20(27)24-4/h5-10,12-13,19H,11H2,1-4H3,(H,24,27)(H,25,29)(H,26,28). The molecule has 0 heterocycles. The molecule has 0 saturated carbocycles. The van der Waals surface area contributed by atoms with Gasteiger partial charge in [-0.1, -0.05) is 43.6 Å². The fourth-order valence-corrected chi connectivity index (χ4v) is 3.11. The molecular formula is C22H26ClN3O3. The van der Waals surface area contributed by atoms with Gasteiger partial charge in [-0.25, -0.2) is 0 Å². The number of amides is 3. The Morgan fingerprint density at radius 3 is 2.31 bits per heavy atom. The Labute approximate surface area is 176 Å². The molecule has 0 bridgehead atoms. The number of hydrogen-bond acceptors (Lipinski definition) is 3. The zero-order valence-electron chi connectivity index (χ0n) is 17.0. The van der Waals surface area contributed by atoms with Crippen molar-refractivity contribution in [3.05, 3.63) is 64.2 Å². The van der Waals surface area contributed by atoms with E-state index in [2.05, 4.69) is 16.0 Å². The Morgan fingerprint density at radius 2 is 1.69 bits per heavy atom. The predicted molar refractivity (Wildman–Crippen MR) is 115 cm³/mol. The van der Waals surface area contributed by atoms with Crippen LogP contribution in [0.2, 0.25) is 5.02 Å². The molecule has 1 unspecified atom stereocenters. The average molecular weight is 416 g/mol. The highest BCUT2D eigenvalue weighted by Crippen LogP contribution is 2.21. The van der Waals surface area contributed by atoms with Crippen LogP contribution in [0.15, 0.2) is 42.5 Å². The van der Waals surface area contributed by atoms with E-state index in [1.54, 1.807) is 24.3 Å². The molecule has 0 aliphatic rings. The number of carbonyl (C=O) groups excluding carboxylic acids is 3. The van der Waals surface area contributed by atoms with E-state index < -0.39 is 6.04 Å². The quantitative estimate of drug-likeness (QED) is 0.642. The van der Waals surface area contributed by atoms with Crippen LogP contribution in [0, 0.1) is 12.8 Å². The van der Waals surface area contributed by atoms with Gasteiger partial charge in [-0.05, 0) is 49.1 Å². The Morgan fingerprint density at radius 1 is 1.00 bits per heavy atom. The van der Waals surface area contributed by atoms with Gasteiger partial charge in [0.1, 0.15) is 6.04 Å². The molecule has 0 aliphatic carbocycles. The zero-order chi connectivity index (χ0) is 21.6. The first-order valence-electron chi connectivity index (χ1n) is 9.42. The maximum Gasteiger partial charge on any atom is 0.252 e. The monoisotopic (exact) mass is 415 g/mol. The number of benzene rings is 2. The summed E-state index contributed by atoms with van der Waals surface area (Å²) < 4.78 is 0. The highest BCUT2D eigenvalue weighted by atomic mass is 35.5. The molecule has 0 radical (unpaired) electrons. The molecule has 3 amide bonds. The van der Waals surface area contributed by atoms with E-state index in [-0.39, 0.29) is 34.2 Å². The highest BCUT2D eigenvalue weighted by molar-refractivity contribution is 6.34. The number of hydrogen-bond donors (Lipinski definition) is 3. The molecule has 0 aromatic heterocycles. The smallest absolute Gasteiger partial charge is 0.252 e. The SMILES string of the molecule is CNC(=O)c1cc(NC(=O)C(CC(C)C)NC(=O)c2ccccc2C)ccc1Cl. The predicted octanol–water partition coefficient (Wildman–Crippen LogP) is 3.79. The normalized spacial score (nSPS) is 11.7. The summed E-state index contributed by atoms with van der Waals surface area (Å²) in [7, 11) is 1.50. The number of anilines is 1. The maximum absolute atomic E-state index is 12.9. The molecule has 2 aromatic carbocycles. The van der Waals surface area contributed by atoms with Crippen LogP contribution in [-0.4, -0.2) is 30.8 Å². The molecule has 154 valence electrons. The van der Waals surface area contributed by atoms with E-state index in [4.69, 9.17) is 11.6 Å². The lowest BCUT2D eigenvalue weighted by atomic mass is 10.0. The van der Waals surface area contributed by atoms with E-state index in [0.29, 0.717) is 17.7 Å². The van der Waals surface area contributed by atoms with E-state index in [9.17, 15) is 14.4 Å². The third-order valence-corrected chi connectivity index (χ3v) is 4.75. The Bertz CT molecular complexity index is 912. The van der Waals surface area contributed by atoms with Crippen molar-refractivity contribution >= 4 is 35.0 Å². The zero-order valence-corrected chi connectivity index (χ0v) is 17.8. The molecule has 7 heteroatoms. The third-order valence-electron chi connectivity index (χ3n) is 4.42. The summed E-state index contributed by atoms with van der Waals surface area (Å²) in [6, 6.07) is 11.2. The van der Waals surface area contributed by atoms with Crippen LogP contribution in [0.5, 0.6) is 0 Å². The lowest BCUT2D eigenvalue weighted by molar-refractivity contribution is -0.118. The topological polar surface area (TPSA) is 87.3 Å². The molecule has 2 rings (SSSR count). The first kappa shape index (κ1) is 22.4. The fourth-order valence-electron chi connectivity index (χ4n) is 2.91. The average Bonchev–Trinajstić information content (AvgIpc) is 2.68. The van der Waals surface area contributed by atoms with Gasteiger partial charge in [-0.2, -0.15) is 0 Å². The van der Waals surface area contributed by atoms with E-state index in [1.165, 1.54) is 13.1 Å². The van der Waals surface area contributed by atoms with Gasteiger partial charge in [0.05, 0.1) is 10.6 Å². The molecule has 29 heavy (non-hydrogen) atoms. The van der Waals surface area contributed by atoms with Crippen LogP contribution in [0.3, 0.4) is 0 Å². The van der Waals surface area contributed by atoms with Crippen molar-refractivity contribution in [2.45, 2.75) is 33.2 Å². The van der Waals surface area contributed by atoms with Gasteiger partial charge in [0.2, 0.25) is 5.91 Å². The van der Waals surface area contributed by atoms with Gasteiger partial charge in [-0.15, -0.1) is 0 Å². The summed E-state index contributed by atoms with van der Waals surface area (Å²) in [5.74, 6) is -0.816. The first-order chi connectivity index (χ1) is 13.7. The first-order valence-corrected chi connectivity index (χ1v) is 9.79. The maximum atomic E-state index is 12.9. The molecule has 0 saturated heterocycles. The molecule has 0 fully saturated rings. The van der Waals surface area contributed by atoms with E-state index in [1.807, 2.05) is 32.9 Å². The number of halogens is 1. The Hall–Kier alpha value is -2.86. The minimum atomic E-state index is -0.721. The second-order valence-electron chi connectivity index (χ2n) is 7.23. The molecule has 6 nitrogen and oxygen atoms in total. The molecule has 0 aliphatic heterocycles. The van der Waals surface area contributed by atoms with Crippen LogP contribution in [-0.2, 0) is 4.79 Å². The second kappa shape index (κ2) is 10.1. The van der Waals surface area contributed by atoms with Gasteiger partial charge in [-0.3, -0.25) is 14.4 Å². The van der Waals surface area contributed by atoms with Crippen LogP contribution >= 0.6 is 11.6 Å². The Kier molecular flexibility index (Phi) is 7.79. The van der Waals surface area contributed by atoms with Gasteiger partial charge in [0.15, 0.2) is 0 Å². The molecule has 1 atom stereocenters. The van der Waals surface area contributed by atoms with Crippen molar-refractivity contribution in [3.63, 3.8) is 0 Å². The minimum Gasteiger partial charge on any atom is -0.355 e. The van der Waals surface area contributed by atoms with E-state index in [0.717, 1.165) is 5.56 Å². The number of aryl methyl sites for hydroxylation is 1. The Balaban J connectivity index is 2.20. The lowest BCUT2D eigenvalue weighted by Gasteiger charge is -2.21. The highest BCUT2D eigenvalue weighted by Gasteiger charge is 2.23. The second-order valence-corrected chi connectivity index (χ2v) is 7.64. The molecular weight excluding hydrogens is 390 g/mol. The van der Waals surface area contributed by atoms with Crippen molar-refractivity contribution in [1.29, 1.82) is 0 Å². The number of rotatable bonds is 7. The van der Waals surface area contributed by atoms with Crippen molar-refractivity contribution in [1.82, 2.24) is 10.6 Å². The lowest BCUT2D eigenvalue weighted by Crippen LogP contribution is -2.44. The van der Waals surface area contributed by atoms with Crippen LogP contribution in [0.25, 0.3) is 0 Å². The van der Waals surface area contributed by atoms with Gasteiger partial charge in [0.25, 0.3) is 11.8 Å². The van der Waals surface area contributed by atoms with Crippen LogP contribution in [0.4, 0.5) is 5.69 Å². The summed E-state index contributed by atoms with van der Waals surface area (Å²) in [5.41, 5.74) is 2.05. The summed E-state index contributed by atoms with van der Waals surface area (Å²) >= 11 is 6.06. The largest absolute Gasteiger partial charge is 0.355 e. The molecule has 3 N–H and O–H groups in total. The van der Waals surface area contributed by atoms with E-state index >= 15 is 0 Å². The minimum absolute atomic E-state index is 0.189. The van der Waals surface area contributed by atoms with Gasteiger partial charge < -0.3 is 16.0 Å². The molecule has 2 aromatic rings. The van der Waals surface area contributed by atoms with Crippen molar-refractivity contribution in [2.75, 3.05) is 12.4 Å². The van der Waals surface area contributed by atoms with Crippen molar-refractivity contribution in [2.24, 2.45) is 5.92 Å². The number of nitrogens with one attached hydrogen (secondary N) is 3. The summed E-state index contributed by atoms with van der Waals surface area (Å²) in [6.07, 6.45) is 0.472. The van der Waals surface area contributed by atoms with Crippen molar-refractivity contribution in [3.8, 4) is 0 Å². The van der Waals surface area contributed by atoms with Crippen LogP contribution < -0.4 is 16.0 Å². The third kappa shape index (κ3) is 6.06. The van der Waals surface area contributed by atoms with Crippen molar-refractivity contribution < 1.29 is 14.4 Å². The van der Waals surface area contributed by atoms with Gasteiger partial charge in [0, 0.05) is 18.3 Å². The summed E-state index contributed by atoms with van der Waals surface area (Å²) in [6.45, 7) is 5.80. The molecule has 0 spiro atoms. The fraction of sp³-hybridized carbons (Fsp3) is 0.318. The summed E-state index contributed by atoms with van der Waals surface area (Å²) in [4.78, 5) is 37.5. The van der Waals surface area contributed by atoms with Gasteiger partial charge >= 0.3 is 0 Å². The van der Waals surface area contributed by atoms with Crippen LogP contribution in [0.1, 0.15) is 46.5 Å².